The molecule has 2 rings (SSSR count). The molecule has 0 atom stereocenters. The zero-order valence-corrected chi connectivity index (χ0v) is 8.36. The fourth-order valence-electron chi connectivity index (χ4n) is 1.59. The van der Waals surface area contributed by atoms with Crippen molar-refractivity contribution in [2.24, 2.45) is 5.73 Å². The molecule has 0 saturated heterocycles. The van der Waals surface area contributed by atoms with Crippen LogP contribution in [-0.4, -0.2) is 6.09 Å². The van der Waals surface area contributed by atoms with Crippen molar-refractivity contribution in [1.29, 1.82) is 0 Å². The Morgan fingerprint density at radius 2 is 1.93 bits per heavy atom. The minimum Gasteiger partial charge on any atom is -0.410 e. The SMILES string of the molecule is Cc1ccc2ccccc2c1OC(N)=O. The Bertz CT molecular complexity index is 520. The Morgan fingerprint density at radius 3 is 2.67 bits per heavy atom. The Labute approximate surface area is 87.5 Å². The van der Waals surface area contributed by atoms with Crippen LogP contribution in [-0.2, 0) is 0 Å². The van der Waals surface area contributed by atoms with E-state index in [9.17, 15) is 4.79 Å². The third kappa shape index (κ3) is 1.76. The van der Waals surface area contributed by atoms with Gasteiger partial charge in [-0.25, -0.2) is 4.79 Å². The standard InChI is InChI=1S/C12H11NO2/c1-8-6-7-9-4-2-3-5-10(9)11(8)15-12(13)14/h2-7H,1H3,(H2,13,14). The van der Waals surface area contributed by atoms with Crippen LogP contribution in [0.3, 0.4) is 0 Å². The van der Waals surface area contributed by atoms with Crippen molar-refractivity contribution in [3.05, 3.63) is 42.0 Å². The normalized spacial score (nSPS) is 10.2. The van der Waals surface area contributed by atoms with Gasteiger partial charge in [0.15, 0.2) is 0 Å². The summed E-state index contributed by atoms with van der Waals surface area (Å²) in [5.41, 5.74) is 5.92. The summed E-state index contributed by atoms with van der Waals surface area (Å²) in [7, 11) is 0. The van der Waals surface area contributed by atoms with Crippen LogP contribution < -0.4 is 10.5 Å². The molecule has 1 amide bonds. The smallest absolute Gasteiger partial charge is 0.409 e. The zero-order chi connectivity index (χ0) is 10.8. The quantitative estimate of drug-likeness (QED) is 0.771. The molecule has 2 N–H and O–H groups in total. The minimum atomic E-state index is -0.783. The number of fused-ring (bicyclic) bond motifs is 1. The minimum absolute atomic E-state index is 0.542. The third-order valence-corrected chi connectivity index (χ3v) is 2.28. The molecular formula is C12H11NO2. The summed E-state index contributed by atoms with van der Waals surface area (Å²) in [6.07, 6.45) is -0.783. The van der Waals surface area contributed by atoms with Gasteiger partial charge in [-0.15, -0.1) is 0 Å². The Hall–Kier alpha value is -2.03. The molecule has 0 aliphatic heterocycles. The fourth-order valence-corrected chi connectivity index (χ4v) is 1.59. The van der Waals surface area contributed by atoms with Crippen LogP contribution in [0.25, 0.3) is 10.8 Å². The molecule has 0 spiro atoms. The number of benzene rings is 2. The van der Waals surface area contributed by atoms with Crippen LogP contribution in [0.4, 0.5) is 4.79 Å². The fraction of sp³-hybridized carbons (Fsp3) is 0.0833. The van der Waals surface area contributed by atoms with Crippen LogP contribution in [0.5, 0.6) is 5.75 Å². The molecule has 0 aliphatic rings. The van der Waals surface area contributed by atoms with Gasteiger partial charge in [0.05, 0.1) is 0 Å². The van der Waals surface area contributed by atoms with E-state index < -0.39 is 6.09 Å². The predicted molar refractivity (Wildman–Crippen MR) is 58.9 cm³/mol. The number of amides is 1. The first kappa shape index (κ1) is 9.52. The van der Waals surface area contributed by atoms with Gasteiger partial charge in [0.1, 0.15) is 5.75 Å². The lowest BCUT2D eigenvalue weighted by atomic mass is 10.1. The summed E-state index contributed by atoms with van der Waals surface area (Å²) in [5, 5.41) is 1.93. The molecule has 76 valence electrons. The van der Waals surface area contributed by atoms with Crippen molar-refractivity contribution in [3.63, 3.8) is 0 Å². The van der Waals surface area contributed by atoms with E-state index in [1.807, 2.05) is 43.3 Å². The number of ether oxygens (including phenoxy) is 1. The molecule has 0 unspecified atom stereocenters. The van der Waals surface area contributed by atoms with E-state index in [4.69, 9.17) is 10.5 Å². The van der Waals surface area contributed by atoms with E-state index in [0.29, 0.717) is 5.75 Å². The molecule has 0 fully saturated rings. The number of primary amides is 1. The number of hydrogen-bond donors (Lipinski definition) is 1. The topological polar surface area (TPSA) is 52.3 Å². The summed E-state index contributed by atoms with van der Waals surface area (Å²) < 4.78 is 5.00. The van der Waals surface area contributed by atoms with E-state index in [1.54, 1.807) is 0 Å². The highest BCUT2D eigenvalue weighted by Gasteiger charge is 2.07. The molecular weight excluding hydrogens is 190 g/mol. The zero-order valence-electron chi connectivity index (χ0n) is 8.36. The molecule has 0 bridgehead atoms. The van der Waals surface area contributed by atoms with Crippen molar-refractivity contribution in [2.75, 3.05) is 0 Å². The lowest BCUT2D eigenvalue weighted by Crippen LogP contribution is -2.16. The number of nitrogens with two attached hydrogens (primary N) is 1. The Morgan fingerprint density at radius 1 is 1.20 bits per heavy atom. The molecule has 0 aliphatic carbocycles. The monoisotopic (exact) mass is 201 g/mol. The summed E-state index contributed by atoms with van der Waals surface area (Å²) in [5.74, 6) is 0.542. The number of aryl methyl sites for hydroxylation is 1. The van der Waals surface area contributed by atoms with Crippen LogP contribution in [0.2, 0.25) is 0 Å². The van der Waals surface area contributed by atoms with Gasteiger partial charge in [-0.1, -0.05) is 36.4 Å². The lowest BCUT2D eigenvalue weighted by molar-refractivity contribution is 0.211. The van der Waals surface area contributed by atoms with Crippen LogP contribution in [0.1, 0.15) is 5.56 Å². The maximum Gasteiger partial charge on any atom is 0.409 e. The molecule has 0 radical (unpaired) electrons. The van der Waals surface area contributed by atoms with Gasteiger partial charge in [0, 0.05) is 5.39 Å². The van der Waals surface area contributed by atoms with E-state index in [0.717, 1.165) is 16.3 Å². The third-order valence-electron chi connectivity index (χ3n) is 2.28. The van der Waals surface area contributed by atoms with Crippen LogP contribution in [0.15, 0.2) is 36.4 Å². The maximum atomic E-state index is 10.8. The molecule has 0 saturated carbocycles. The summed E-state index contributed by atoms with van der Waals surface area (Å²) >= 11 is 0. The van der Waals surface area contributed by atoms with Crippen molar-refractivity contribution in [2.45, 2.75) is 6.92 Å². The summed E-state index contributed by atoms with van der Waals surface area (Å²) in [6.45, 7) is 1.88. The average molecular weight is 201 g/mol. The molecule has 15 heavy (non-hydrogen) atoms. The first-order chi connectivity index (χ1) is 7.18. The second-order valence-corrected chi connectivity index (χ2v) is 3.35. The highest BCUT2D eigenvalue weighted by atomic mass is 16.5. The Balaban J connectivity index is 2.68. The van der Waals surface area contributed by atoms with Crippen molar-refractivity contribution in [3.8, 4) is 5.75 Å². The van der Waals surface area contributed by atoms with Crippen molar-refractivity contribution < 1.29 is 9.53 Å². The lowest BCUT2D eigenvalue weighted by Gasteiger charge is -2.08. The largest absolute Gasteiger partial charge is 0.410 e. The first-order valence-electron chi connectivity index (χ1n) is 4.64. The molecule has 0 aromatic heterocycles. The summed E-state index contributed by atoms with van der Waals surface area (Å²) in [4.78, 5) is 10.8. The van der Waals surface area contributed by atoms with Gasteiger partial charge in [-0.3, -0.25) is 0 Å². The maximum absolute atomic E-state index is 10.8. The molecule has 3 nitrogen and oxygen atoms in total. The Kier molecular flexibility index (Phi) is 2.29. The number of rotatable bonds is 1. The molecule has 3 heteroatoms. The van der Waals surface area contributed by atoms with Crippen molar-refractivity contribution >= 4 is 16.9 Å². The number of carbonyl (C=O) groups is 1. The molecule has 2 aromatic rings. The van der Waals surface area contributed by atoms with Crippen LogP contribution in [0, 0.1) is 6.92 Å². The van der Waals surface area contributed by atoms with Gasteiger partial charge in [-0.05, 0) is 17.9 Å². The first-order valence-corrected chi connectivity index (χ1v) is 4.64. The predicted octanol–water partition coefficient (Wildman–Crippen LogP) is 2.61. The van der Waals surface area contributed by atoms with E-state index in [-0.39, 0.29) is 0 Å². The highest BCUT2D eigenvalue weighted by molar-refractivity contribution is 5.91. The number of carbonyl (C=O) groups excluding carboxylic acids is 1. The van der Waals surface area contributed by atoms with E-state index >= 15 is 0 Å². The average Bonchev–Trinajstić information content (AvgIpc) is 2.22. The van der Waals surface area contributed by atoms with E-state index in [1.165, 1.54) is 0 Å². The van der Waals surface area contributed by atoms with Crippen molar-refractivity contribution in [1.82, 2.24) is 0 Å². The summed E-state index contributed by atoms with van der Waals surface area (Å²) in [6, 6.07) is 11.6. The van der Waals surface area contributed by atoms with Gasteiger partial charge in [-0.2, -0.15) is 0 Å². The second-order valence-electron chi connectivity index (χ2n) is 3.35. The van der Waals surface area contributed by atoms with Gasteiger partial charge < -0.3 is 10.5 Å². The highest BCUT2D eigenvalue weighted by Crippen LogP contribution is 2.29. The number of hydrogen-bond acceptors (Lipinski definition) is 2. The molecule has 2 aromatic carbocycles. The second kappa shape index (κ2) is 3.61. The van der Waals surface area contributed by atoms with E-state index in [2.05, 4.69) is 0 Å². The van der Waals surface area contributed by atoms with Gasteiger partial charge >= 0.3 is 6.09 Å². The molecule has 0 heterocycles. The van der Waals surface area contributed by atoms with Crippen LogP contribution >= 0.6 is 0 Å². The van der Waals surface area contributed by atoms with Gasteiger partial charge in [0.2, 0.25) is 0 Å². The van der Waals surface area contributed by atoms with Gasteiger partial charge in [0.25, 0.3) is 0 Å².